The van der Waals surface area contributed by atoms with Crippen molar-refractivity contribution >= 4 is 11.6 Å². The van der Waals surface area contributed by atoms with E-state index in [1.807, 2.05) is 30.7 Å². The lowest BCUT2D eigenvalue weighted by Crippen LogP contribution is -2.10. The third kappa shape index (κ3) is 2.71. The molecule has 0 spiro atoms. The first-order chi connectivity index (χ1) is 8.61. The van der Waals surface area contributed by atoms with Crippen molar-refractivity contribution in [2.24, 2.45) is 0 Å². The van der Waals surface area contributed by atoms with E-state index in [0.717, 1.165) is 23.5 Å². The second kappa shape index (κ2) is 5.50. The van der Waals surface area contributed by atoms with Gasteiger partial charge in [-0.25, -0.2) is 0 Å². The molecule has 0 saturated carbocycles. The van der Waals surface area contributed by atoms with Crippen LogP contribution in [-0.4, -0.2) is 19.9 Å². The molecule has 0 saturated heterocycles. The van der Waals surface area contributed by atoms with Crippen molar-refractivity contribution in [2.45, 2.75) is 32.9 Å². The lowest BCUT2D eigenvalue weighted by molar-refractivity contribution is 0.167. The standard InChI is InChI=1S/C13H16ClN3O/c1-3-17-12(6-9(2)16-17)13(18)7-10-4-5-15-8-11(10)14/h4-6,8,13,18H,3,7H2,1-2H3. The molecular weight excluding hydrogens is 250 g/mol. The third-order valence-corrected chi connectivity index (χ3v) is 3.18. The van der Waals surface area contributed by atoms with E-state index in [0.29, 0.717) is 11.4 Å². The SMILES string of the molecule is CCn1nc(C)cc1C(O)Cc1ccncc1Cl. The van der Waals surface area contributed by atoms with E-state index in [9.17, 15) is 5.11 Å². The Morgan fingerprint density at radius 2 is 2.28 bits per heavy atom. The fraction of sp³-hybridized carbons (Fsp3) is 0.385. The van der Waals surface area contributed by atoms with Crippen LogP contribution in [0.1, 0.15) is 30.0 Å². The van der Waals surface area contributed by atoms with E-state index in [1.54, 1.807) is 12.4 Å². The van der Waals surface area contributed by atoms with Crippen molar-refractivity contribution in [3.8, 4) is 0 Å². The molecule has 4 nitrogen and oxygen atoms in total. The number of pyridine rings is 1. The van der Waals surface area contributed by atoms with Gasteiger partial charge in [0.2, 0.25) is 0 Å². The minimum absolute atomic E-state index is 0.465. The summed E-state index contributed by atoms with van der Waals surface area (Å²) in [6.07, 6.45) is 3.13. The maximum Gasteiger partial charge on any atom is 0.0997 e. The van der Waals surface area contributed by atoms with E-state index in [1.165, 1.54) is 0 Å². The van der Waals surface area contributed by atoms with Crippen molar-refractivity contribution in [1.29, 1.82) is 0 Å². The number of hydrogen-bond donors (Lipinski definition) is 1. The van der Waals surface area contributed by atoms with Gasteiger partial charge in [0.05, 0.1) is 22.5 Å². The molecular formula is C13H16ClN3O. The fourth-order valence-corrected chi connectivity index (χ4v) is 2.17. The summed E-state index contributed by atoms with van der Waals surface area (Å²) in [6.45, 7) is 4.66. The molecule has 2 rings (SSSR count). The Balaban J connectivity index is 2.21. The topological polar surface area (TPSA) is 50.9 Å². The van der Waals surface area contributed by atoms with Crippen LogP contribution in [0.15, 0.2) is 24.5 Å². The highest BCUT2D eigenvalue weighted by molar-refractivity contribution is 6.31. The van der Waals surface area contributed by atoms with Crippen LogP contribution in [0.3, 0.4) is 0 Å². The quantitative estimate of drug-likeness (QED) is 0.924. The summed E-state index contributed by atoms with van der Waals surface area (Å²) in [5, 5.41) is 15.2. The second-order valence-corrected chi connectivity index (χ2v) is 4.62. The predicted molar refractivity (Wildman–Crippen MR) is 70.5 cm³/mol. The molecule has 18 heavy (non-hydrogen) atoms. The fourth-order valence-electron chi connectivity index (χ4n) is 1.97. The zero-order valence-electron chi connectivity index (χ0n) is 10.5. The predicted octanol–water partition coefficient (Wildman–Crippen LogP) is 2.54. The van der Waals surface area contributed by atoms with Crippen molar-refractivity contribution < 1.29 is 5.11 Å². The van der Waals surface area contributed by atoms with Gasteiger partial charge in [0.25, 0.3) is 0 Å². The molecule has 5 heteroatoms. The summed E-state index contributed by atoms with van der Waals surface area (Å²) >= 11 is 6.04. The molecule has 0 amide bonds. The molecule has 96 valence electrons. The Bertz CT molecular complexity index is 539. The zero-order chi connectivity index (χ0) is 13.1. The summed E-state index contributed by atoms with van der Waals surface area (Å²) in [6, 6.07) is 3.73. The van der Waals surface area contributed by atoms with Gasteiger partial charge in [0.1, 0.15) is 0 Å². The van der Waals surface area contributed by atoms with E-state index >= 15 is 0 Å². The maximum absolute atomic E-state index is 10.3. The first kappa shape index (κ1) is 13.1. The highest BCUT2D eigenvalue weighted by atomic mass is 35.5. The molecule has 0 fully saturated rings. The molecule has 2 aromatic rings. The van der Waals surface area contributed by atoms with Gasteiger partial charge in [0.15, 0.2) is 0 Å². The molecule has 0 aromatic carbocycles. The number of aromatic nitrogens is 3. The van der Waals surface area contributed by atoms with Crippen molar-refractivity contribution in [3.63, 3.8) is 0 Å². The van der Waals surface area contributed by atoms with Crippen LogP contribution in [-0.2, 0) is 13.0 Å². The van der Waals surface area contributed by atoms with Gasteiger partial charge in [-0.1, -0.05) is 11.6 Å². The van der Waals surface area contributed by atoms with E-state index in [4.69, 9.17) is 11.6 Å². The lowest BCUT2D eigenvalue weighted by Gasteiger charge is -2.13. The number of hydrogen-bond acceptors (Lipinski definition) is 3. The normalized spacial score (nSPS) is 12.7. The van der Waals surface area contributed by atoms with Crippen LogP contribution in [0.5, 0.6) is 0 Å². The van der Waals surface area contributed by atoms with Gasteiger partial charge in [0, 0.05) is 25.4 Å². The van der Waals surface area contributed by atoms with Gasteiger partial charge in [-0.3, -0.25) is 9.67 Å². The summed E-state index contributed by atoms with van der Waals surface area (Å²) < 4.78 is 1.81. The number of rotatable bonds is 4. The Morgan fingerprint density at radius 3 is 2.94 bits per heavy atom. The monoisotopic (exact) mass is 265 g/mol. The Hall–Kier alpha value is -1.39. The number of aliphatic hydroxyl groups is 1. The molecule has 2 aromatic heterocycles. The molecule has 1 N–H and O–H groups in total. The summed E-state index contributed by atoms with van der Waals surface area (Å²) in [4.78, 5) is 3.93. The van der Waals surface area contributed by atoms with E-state index in [2.05, 4.69) is 10.1 Å². The van der Waals surface area contributed by atoms with Crippen LogP contribution in [0, 0.1) is 6.92 Å². The number of aryl methyl sites for hydroxylation is 2. The Morgan fingerprint density at radius 1 is 1.50 bits per heavy atom. The zero-order valence-corrected chi connectivity index (χ0v) is 11.2. The van der Waals surface area contributed by atoms with Crippen molar-refractivity contribution in [3.05, 3.63) is 46.5 Å². The van der Waals surface area contributed by atoms with Gasteiger partial charge in [-0.15, -0.1) is 0 Å². The molecule has 1 atom stereocenters. The van der Waals surface area contributed by atoms with E-state index in [-0.39, 0.29) is 0 Å². The van der Waals surface area contributed by atoms with Crippen LogP contribution in [0.4, 0.5) is 0 Å². The molecule has 0 aliphatic heterocycles. The van der Waals surface area contributed by atoms with Crippen molar-refractivity contribution in [1.82, 2.24) is 14.8 Å². The largest absolute Gasteiger partial charge is 0.386 e. The van der Waals surface area contributed by atoms with Gasteiger partial charge >= 0.3 is 0 Å². The summed E-state index contributed by atoms with van der Waals surface area (Å²) in [5.74, 6) is 0. The molecule has 0 aliphatic rings. The van der Waals surface area contributed by atoms with Crippen molar-refractivity contribution in [2.75, 3.05) is 0 Å². The van der Waals surface area contributed by atoms with Gasteiger partial charge < -0.3 is 5.11 Å². The average molecular weight is 266 g/mol. The Labute approximate surface area is 111 Å². The number of halogens is 1. The summed E-state index contributed by atoms with van der Waals surface area (Å²) in [7, 11) is 0. The summed E-state index contributed by atoms with van der Waals surface area (Å²) in [5.41, 5.74) is 2.62. The number of nitrogens with zero attached hydrogens (tertiary/aromatic N) is 3. The Kier molecular flexibility index (Phi) is 3.99. The minimum Gasteiger partial charge on any atom is -0.386 e. The molecule has 0 aliphatic carbocycles. The smallest absolute Gasteiger partial charge is 0.0997 e. The molecule has 0 bridgehead atoms. The number of aliphatic hydroxyl groups excluding tert-OH is 1. The lowest BCUT2D eigenvalue weighted by atomic mass is 10.1. The van der Waals surface area contributed by atoms with Gasteiger partial charge in [-0.2, -0.15) is 5.10 Å². The van der Waals surface area contributed by atoms with Crippen LogP contribution >= 0.6 is 11.6 Å². The molecule has 2 heterocycles. The second-order valence-electron chi connectivity index (χ2n) is 4.21. The minimum atomic E-state index is -0.606. The van der Waals surface area contributed by atoms with E-state index < -0.39 is 6.10 Å². The maximum atomic E-state index is 10.3. The third-order valence-electron chi connectivity index (χ3n) is 2.84. The van der Waals surface area contributed by atoms with Crippen LogP contribution < -0.4 is 0 Å². The highest BCUT2D eigenvalue weighted by Gasteiger charge is 2.16. The van der Waals surface area contributed by atoms with Crippen LogP contribution in [0.2, 0.25) is 5.02 Å². The first-order valence-electron chi connectivity index (χ1n) is 5.92. The molecule has 1 unspecified atom stereocenters. The first-order valence-corrected chi connectivity index (χ1v) is 6.30. The average Bonchev–Trinajstić information content (AvgIpc) is 2.73. The van der Waals surface area contributed by atoms with Gasteiger partial charge in [-0.05, 0) is 31.5 Å². The highest BCUT2D eigenvalue weighted by Crippen LogP contribution is 2.23. The van der Waals surface area contributed by atoms with Crippen LogP contribution in [0.25, 0.3) is 0 Å². The molecule has 0 radical (unpaired) electrons.